The standard InChI is InChI=1S/C19H23Cl2NO2/c1-4-23-19-10-14(11-22-13(2)3)6-8-18(19)24-12-15-5-7-16(20)17(21)9-15/h5-10,13,22H,4,11-12H2,1-3H3. The van der Waals surface area contributed by atoms with E-state index < -0.39 is 0 Å². The van der Waals surface area contributed by atoms with E-state index >= 15 is 0 Å². The van der Waals surface area contributed by atoms with Gasteiger partial charge in [-0.2, -0.15) is 0 Å². The highest BCUT2D eigenvalue weighted by atomic mass is 35.5. The molecule has 5 heteroatoms. The molecule has 0 aliphatic rings. The average molecular weight is 368 g/mol. The Bertz CT molecular complexity index is 674. The maximum atomic E-state index is 6.04. The summed E-state index contributed by atoms with van der Waals surface area (Å²) in [6.45, 7) is 7.99. The van der Waals surface area contributed by atoms with Crippen LogP contribution in [0.3, 0.4) is 0 Å². The van der Waals surface area contributed by atoms with E-state index in [9.17, 15) is 0 Å². The molecule has 0 unspecified atom stereocenters. The van der Waals surface area contributed by atoms with Crippen LogP contribution in [-0.4, -0.2) is 12.6 Å². The van der Waals surface area contributed by atoms with Crippen molar-refractivity contribution in [2.45, 2.75) is 40.0 Å². The first kappa shape index (κ1) is 18.9. The molecule has 130 valence electrons. The van der Waals surface area contributed by atoms with Gasteiger partial charge in [-0.1, -0.05) is 49.2 Å². The average Bonchev–Trinajstić information content (AvgIpc) is 2.55. The molecule has 0 saturated heterocycles. The lowest BCUT2D eigenvalue weighted by molar-refractivity contribution is 0.269. The highest BCUT2D eigenvalue weighted by Gasteiger charge is 2.08. The molecule has 0 atom stereocenters. The minimum atomic E-state index is 0.403. The van der Waals surface area contributed by atoms with Crippen LogP contribution in [0.15, 0.2) is 36.4 Å². The molecule has 0 heterocycles. The summed E-state index contributed by atoms with van der Waals surface area (Å²) < 4.78 is 11.6. The fourth-order valence-electron chi connectivity index (χ4n) is 2.16. The Morgan fingerprint density at radius 3 is 2.33 bits per heavy atom. The first-order chi connectivity index (χ1) is 11.5. The van der Waals surface area contributed by atoms with E-state index in [2.05, 4.69) is 19.2 Å². The van der Waals surface area contributed by atoms with Gasteiger partial charge >= 0.3 is 0 Å². The molecule has 2 aromatic rings. The molecule has 0 amide bonds. The second kappa shape index (κ2) is 9.16. The first-order valence-electron chi connectivity index (χ1n) is 8.05. The summed E-state index contributed by atoms with van der Waals surface area (Å²) >= 11 is 12.0. The molecular formula is C19H23Cl2NO2. The van der Waals surface area contributed by atoms with Crippen LogP contribution >= 0.6 is 23.2 Å². The van der Waals surface area contributed by atoms with Crippen molar-refractivity contribution >= 4 is 23.2 Å². The molecule has 0 aliphatic carbocycles. The Kier molecular flexibility index (Phi) is 7.22. The van der Waals surface area contributed by atoms with Crippen LogP contribution in [0.1, 0.15) is 31.9 Å². The quantitative estimate of drug-likeness (QED) is 0.670. The number of rotatable bonds is 8. The van der Waals surface area contributed by atoms with Crippen LogP contribution in [0.5, 0.6) is 11.5 Å². The van der Waals surface area contributed by atoms with Crippen molar-refractivity contribution in [1.82, 2.24) is 5.32 Å². The summed E-state index contributed by atoms with van der Waals surface area (Å²) in [6.07, 6.45) is 0. The molecule has 24 heavy (non-hydrogen) atoms. The van der Waals surface area contributed by atoms with Gasteiger partial charge in [0.1, 0.15) is 6.61 Å². The Morgan fingerprint density at radius 1 is 0.917 bits per heavy atom. The molecule has 1 N–H and O–H groups in total. The lowest BCUT2D eigenvalue weighted by Crippen LogP contribution is -2.21. The Hall–Kier alpha value is -1.42. The normalized spacial score (nSPS) is 10.9. The van der Waals surface area contributed by atoms with Gasteiger partial charge in [-0.15, -0.1) is 0 Å². The minimum absolute atomic E-state index is 0.403. The van der Waals surface area contributed by atoms with Crippen molar-refractivity contribution in [3.8, 4) is 11.5 Å². The molecule has 0 saturated carbocycles. The summed E-state index contributed by atoms with van der Waals surface area (Å²) in [5, 5.41) is 4.46. The lowest BCUT2D eigenvalue weighted by Gasteiger charge is -2.15. The van der Waals surface area contributed by atoms with Gasteiger partial charge in [-0.3, -0.25) is 0 Å². The number of hydrogen-bond donors (Lipinski definition) is 1. The molecule has 3 nitrogen and oxygen atoms in total. The van der Waals surface area contributed by atoms with Gasteiger partial charge in [-0.25, -0.2) is 0 Å². The van der Waals surface area contributed by atoms with Crippen molar-refractivity contribution in [3.05, 3.63) is 57.6 Å². The molecule has 0 aromatic heterocycles. The molecule has 0 spiro atoms. The molecule has 0 bridgehead atoms. The van der Waals surface area contributed by atoms with E-state index in [0.29, 0.717) is 29.3 Å². The van der Waals surface area contributed by atoms with Crippen molar-refractivity contribution < 1.29 is 9.47 Å². The van der Waals surface area contributed by atoms with Crippen molar-refractivity contribution in [2.75, 3.05) is 6.61 Å². The maximum absolute atomic E-state index is 6.04. The van der Waals surface area contributed by atoms with Crippen LogP contribution in [0.4, 0.5) is 0 Å². The fraction of sp³-hybridized carbons (Fsp3) is 0.368. The third-order valence-electron chi connectivity index (χ3n) is 3.40. The third kappa shape index (κ3) is 5.59. The smallest absolute Gasteiger partial charge is 0.161 e. The molecular weight excluding hydrogens is 345 g/mol. The van der Waals surface area contributed by atoms with Crippen LogP contribution in [-0.2, 0) is 13.2 Å². The summed E-state index contributed by atoms with van der Waals surface area (Å²) in [5.74, 6) is 1.47. The van der Waals surface area contributed by atoms with E-state index in [1.165, 1.54) is 0 Å². The SMILES string of the molecule is CCOc1cc(CNC(C)C)ccc1OCc1ccc(Cl)c(Cl)c1. The van der Waals surface area contributed by atoms with Gasteiger partial charge in [0.2, 0.25) is 0 Å². The third-order valence-corrected chi connectivity index (χ3v) is 4.14. The van der Waals surface area contributed by atoms with Crippen LogP contribution in [0, 0.1) is 0 Å². The molecule has 0 aliphatic heterocycles. The Labute approximate surface area is 153 Å². The molecule has 2 rings (SSSR count). The second-order valence-electron chi connectivity index (χ2n) is 5.79. The minimum Gasteiger partial charge on any atom is -0.490 e. The van der Waals surface area contributed by atoms with Gasteiger partial charge < -0.3 is 14.8 Å². The summed E-state index contributed by atoms with van der Waals surface area (Å²) in [6, 6.07) is 11.9. The van der Waals surface area contributed by atoms with Gasteiger partial charge in [0.15, 0.2) is 11.5 Å². The topological polar surface area (TPSA) is 30.5 Å². The zero-order valence-electron chi connectivity index (χ0n) is 14.2. The number of nitrogens with one attached hydrogen (secondary N) is 1. The van der Waals surface area contributed by atoms with Crippen molar-refractivity contribution in [2.24, 2.45) is 0 Å². The van der Waals surface area contributed by atoms with E-state index in [4.69, 9.17) is 32.7 Å². The van der Waals surface area contributed by atoms with Crippen molar-refractivity contribution in [1.29, 1.82) is 0 Å². The van der Waals surface area contributed by atoms with E-state index in [0.717, 1.165) is 29.2 Å². The van der Waals surface area contributed by atoms with Gasteiger partial charge in [0.25, 0.3) is 0 Å². The maximum Gasteiger partial charge on any atom is 0.161 e. The molecule has 2 aromatic carbocycles. The number of halogens is 2. The van der Waals surface area contributed by atoms with E-state index in [1.54, 1.807) is 6.07 Å². The fourth-order valence-corrected chi connectivity index (χ4v) is 2.48. The number of ether oxygens (including phenoxy) is 2. The van der Waals surface area contributed by atoms with E-state index in [-0.39, 0.29) is 0 Å². The van der Waals surface area contributed by atoms with Gasteiger partial charge in [0.05, 0.1) is 16.7 Å². The van der Waals surface area contributed by atoms with Crippen LogP contribution < -0.4 is 14.8 Å². The largest absolute Gasteiger partial charge is 0.490 e. The Morgan fingerprint density at radius 2 is 1.67 bits per heavy atom. The predicted molar refractivity (Wildman–Crippen MR) is 100 cm³/mol. The van der Waals surface area contributed by atoms with Crippen molar-refractivity contribution in [3.63, 3.8) is 0 Å². The zero-order valence-corrected chi connectivity index (χ0v) is 15.7. The lowest BCUT2D eigenvalue weighted by atomic mass is 10.2. The summed E-state index contributed by atoms with van der Waals surface area (Å²) in [4.78, 5) is 0. The highest BCUT2D eigenvalue weighted by Crippen LogP contribution is 2.30. The molecule has 0 fully saturated rings. The van der Waals surface area contributed by atoms with Crippen LogP contribution in [0.25, 0.3) is 0 Å². The first-order valence-corrected chi connectivity index (χ1v) is 8.81. The highest BCUT2D eigenvalue weighted by molar-refractivity contribution is 6.42. The van der Waals surface area contributed by atoms with E-state index in [1.807, 2.05) is 37.3 Å². The second-order valence-corrected chi connectivity index (χ2v) is 6.60. The number of hydrogen-bond acceptors (Lipinski definition) is 3. The number of benzene rings is 2. The van der Waals surface area contributed by atoms with Gasteiger partial charge in [0, 0.05) is 12.6 Å². The summed E-state index contributed by atoms with van der Waals surface area (Å²) in [7, 11) is 0. The van der Waals surface area contributed by atoms with Crippen LogP contribution in [0.2, 0.25) is 10.0 Å². The van der Waals surface area contributed by atoms with Gasteiger partial charge in [-0.05, 0) is 42.3 Å². The summed E-state index contributed by atoms with van der Waals surface area (Å²) in [5.41, 5.74) is 2.12. The zero-order chi connectivity index (χ0) is 17.5. The predicted octanol–water partition coefficient (Wildman–Crippen LogP) is 5.47. The monoisotopic (exact) mass is 367 g/mol. The molecule has 0 radical (unpaired) electrons. The Balaban J connectivity index is 2.08.